The summed E-state index contributed by atoms with van der Waals surface area (Å²) in [7, 11) is 0. The van der Waals surface area contributed by atoms with Crippen LogP contribution in [0.1, 0.15) is 31.0 Å². The second-order valence-electron chi connectivity index (χ2n) is 7.47. The Kier molecular flexibility index (Phi) is 12.7. The lowest BCUT2D eigenvalue weighted by molar-refractivity contribution is 0.0620. The van der Waals surface area contributed by atoms with E-state index in [-0.39, 0.29) is 24.8 Å². The van der Waals surface area contributed by atoms with Crippen molar-refractivity contribution >= 4 is 48.0 Å². The molecule has 1 atom stereocenters. The topological polar surface area (TPSA) is 9.72 Å². The van der Waals surface area contributed by atoms with Crippen molar-refractivity contribution in [2.24, 2.45) is 0 Å². The summed E-state index contributed by atoms with van der Waals surface area (Å²) < 4.78 is 0. The van der Waals surface area contributed by atoms with Gasteiger partial charge in [0.15, 0.2) is 0 Å². The Labute approximate surface area is 204 Å². The predicted molar refractivity (Wildman–Crippen MR) is 135 cm³/mol. The molecule has 7 heteroatoms. The molecule has 0 saturated carbocycles. The van der Waals surface area contributed by atoms with Crippen LogP contribution in [0.25, 0.3) is 0 Å². The van der Waals surface area contributed by atoms with E-state index < -0.39 is 0 Å². The van der Waals surface area contributed by atoms with Crippen LogP contribution in [-0.2, 0) is 6.54 Å². The summed E-state index contributed by atoms with van der Waals surface area (Å²) in [4.78, 5) is 7.68. The average molecular weight is 493 g/mol. The van der Waals surface area contributed by atoms with Crippen molar-refractivity contribution in [1.82, 2.24) is 14.7 Å². The fourth-order valence-corrected chi connectivity index (χ4v) is 4.28. The van der Waals surface area contributed by atoms with Crippen LogP contribution in [-0.4, -0.2) is 60.5 Å². The van der Waals surface area contributed by atoms with Gasteiger partial charge in [-0.2, -0.15) is 0 Å². The third kappa shape index (κ3) is 7.56. The molecule has 168 valence electrons. The van der Waals surface area contributed by atoms with Crippen molar-refractivity contribution in [3.8, 4) is 0 Å². The fourth-order valence-electron chi connectivity index (χ4n) is 3.96. The molecule has 0 aromatic heterocycles. The van der Waals surface area contributed by atoms with Gasteiger partial charge in [0.05, 0.1) is 10.0 Å². The van der Waals surface area contributed by atoms with Gasteiger partial charge in [-0.15, -0.1) is 24.8 Å². The highest BCUT2D eigenvalue weighted by Gasteiger charge is 2.28. The maximum Gasteiger partial charge on any atom is 0.0595 e. The van der Waals surface area contributed by atoms with Crippen LogP contribution in [0.15, 0.2) is 48.5 Å². The fraction of sp³-hybridized carbons (Fsp3) is 0.478. The van der Waals surface area contributed by atoms with E-state index in [2.05, 4.69) is 64.9 Å². The summed E-state index contributed by atoms with van der Waals surface area (Å²) in [5.74, 6) is 0. The van der Waals surface area contributed by atoms with Crippen LogP contribution < -0.4 is 0 Å². The number of rotatable bonds is 8. The van der Waals surface area contributed by atoms with Gasteiger partial charge in [0.1, 0.15) is 0 Å². The number of piperazine rings is 1. The summed E-state index contributed by atoms with van der Waals surface area (Å²) in [5.41, 5.74) is 2.60. The zero-order chi connectivity index (χ0) is 19.9. The minimum atomic E-state index is 0. The second-order valence-corrected chi connectivity index (χ2v) is 8.29. The molecule has 1 aliphatic rings. The first-order valence-corrected chi connectivity index (χ1v) is 11.0. The van der Waals surface area contributed by atoms with Gasteiger partial charge < -0.3 is 4.90 Å². The Bertz CT molecular complexity index is 740. The molecular weight excluding hydrogens is 460 g/mol. The molecule has 1 unspecified atom stereocenters. The molecule has 0 N–H and O–H groups in total. The van der Waals surface area contributed by atoms with Crippen molar-refractivity contribution in [2.75, 3.05) is 45.8 Å². The zero-order valence-electron chi connectivity index (χ0n) is 17.8. The zero-order valence-corrected chi connectivity index (χ0v) is 20.9. The van der Waals surface area contributed by atoms with Crippen molar-refractivity contribution in [1.29, 1.82) is 0 Å². The van der Waals surface area contributed by atoms with Crippen LogP contribution in [0.2, 0.25) is 10.0 Å². The molecule has 1 aliphatic heterocycles. The number of benzene rings is 2. The van der Waals surface area contributed by atoms with E-state index in [1.165, 1.54) is 11.1 Å². The van der Waals surface area contributed by atoms with E-state index in [4.69, 9.17) is 23.2 Å². The third-order valence-electron chi connectivity index (χ3n) is 5.76. The first-order valence-electron chi connectivity index (χ1n) is 10.3. The first kappa shape index (κ1) is 27.5. The van der Waals surface area contributed by atoms with Crippen molar-refractivity contribution in [2.45, 2.75) is 26.4 Å². The van der Waals surface area contributed by atoms with E-state index in [1.54, 1.807) is 0 Å². The van der Waals surface area contributed by atoms with Gasteiger partial charge >= 0.3 is 0 Å². The van der Waals surface area contributed by atoms with Crippen LogP contribution in [0.4, 0.5) is 0 Å². The highest BCUT2D eigenvalue weighted by atomic mass is 35.5. The SMILES string of the molecule is CCN(CC)CCN1CCN(Cc2ccc(Cl)c(Cl)c2)C(c2ccccc2)C1.Cl.Cl. The normalized spacial score (nSPS) is 17.4. The number of hydrogen-bond donors (Lipinski definition) is 0. The summed E-state index contributed by atoms with van der Waals surface area (Å²) >= 11 is 12.3. The van der Waals surface area contributed by atoms with Gasteiger partial charge in [0.2, 0.25) is 0 Å². The quantitative estimate of drug-likeness (QED) is 0.444. The van der Waals surface area contributed by atoms with E-state index in [0.29, 0.717) is 16.1 Å². The molecule has 1 saturated heterocycles. The lowest BCUT2D eigenvalue weighted by Crippen LogP contribution is -2.49. The number of nitrogens with zero attached hydrogens (tertiary/aromatic N) is 3. The van der Waals surface area contributed by atoms with Crippen molar-refractivity contribution in [3.05, 3.63) is 69.7 Å². The molecule has 1 fully saturated rings. The van der Waals surface area contributed by atoms with Gasteiger partial charge in [-0.05, 0) is 36.3 Å². The first-order chi connectivity index (χ1) is 13.6. The smallest absolute Gasteiger partial charge is 0.0595 e. The number of halogens is 4. The van der Waals surface area contributed by atoms with E-state index >= 15 is 0 Å². The van der Waals surface area contributed by atoms with Crippen LogP contribution in [0.5, 0.6) is 0 Å². The van der Waals surface area contributed by atoms with E-state index in [9.17, 15) is 0 Å². The minimum Gasteiger partial charge on any atom is -0.303 e. The Hall–Kier alpha value is -0.520. The standard InChI is InChI=1S/C23H31Cl2N3.2ClH/c1-3-26(4-2)12-13-27-14-15-28(17-19-10-11-21(24)22(25)16-19)23(18-27)20-8-6-5-7-9-20;;/h5-11,16,23H,3-4,12-15,17-18H2,1-2H3;2*1H. The van der Waals surface area contributed by atoms with Crippen molar-refractivity contribution in [3.63, 3.8) is 0 Å². The predicted octanol–water partition coefficient (Wildman–Crippen LogP) is 6.04. The number of likely N-dealkylation sites (N-methyl/N-ethyl adjacent to an activating group) is 1. The van der Waals surface area contributed by atoms with Gasteiger partial charge in [-0.1, -0.05) is 73.4 Å². The molecule has 0 bridgehead atoms. The minimum absolute atomic E-state index is 0. The van der Waals surface area contributed by atoms with Gasteiger partial charge in [0.25, 0.3) is 0 Å². The Balaban J connectivity index is 0.00000225. The Morgan fingerprint density at radius 3 is 2.27 bits per heavy atom. The summed E-state index contributed by atoms with van der Waals surface area (Å²) in [6.45, 7) is 13.1. The molecule has 0 amide bonds. The largest absolute Gasteiger partial charge is 0.303 e. The molecular formula is C23H33Cl4N3. The van der Waals surface area contributed by atoms with Gasteiger partial charge in [0, 0.05) is 45.3 Å². The summed E-state index contributed by atoms with van der Waals surface area (Å²) in [6, 6.07) is 17.2. The maximum absolute atomic E-state index is 6.24. The average Bonchev–Trinajstić information content (AvgIpc) is 2.73. The maximum atomic E-state index is 6.24. The lowest BCUT2D eigenvalue weighted by Gasteiger charge is -2.42. The number of hydrogen-bond acceptors (Lipinski definition) is 3. The monoisotopic (exact) mass is 491 g/mol. The van der Waals surface area contributed by atoms with E-state index in [1.807, 2.05) is 12.1 Å². The molecule has 0 spiro atoms. The Morgan fingerprint density at radius 1 is 0.933 bits per heavy atom. The highest BCUT2D eigenvalue weighted by molar-refractivity contribution is 6.42. The molecule has 3 rings (SSSR count). The molecule has 2 aromatic rings. The third-order valence-corrected chi connectivity index (χ3v) is 6.50. The molecule has 0 radical (unpaired) electrons. The summed E-state index contributed by atoms with van der Waals surface area (Å²) in [5, 5.41) is 1.25. The van der Waals surface area contributed by atoms with Crippen LogP contribution in [0, 0.1) is 0 Å². The second kappa shape index (κ2) is 13.8. The van der Waals surface area contributed by atoms with Gasteiger partial charge in [-0.3, -0.25) is 9.80 Å². The summed E-state index contributed by atoms with van der Waals surface area (Å²) in [6.07, 6.45) is 0. The molecule has 2 aromatic carbocycles. The van der Waals surface area contributed by atoms with E-state index in [0.717, 1.165) is 52.4 Å². The molecule has 3 nitrogen and oxygen atoms in total. The van der Waals surface area contributed by atoms with Crippen LogP contribution in [0.3, 0.4) is 0 Å². The lowest BCUT2D eigenvalue weighted by atomic mass is 10.0. The van der Waals surface area contributed by atoms with Crippen molar-refractivity contribution < 1.29 is 0 Å². The van der Waals surface area contributed by atoms with Crippen LogP contribution >= 0.6 is 48.0 Å². The molecule has 30 heavy (non-hydrogen) atoms. The Morgan fingerprint density at radius 2 is 1.63 bits per heavy atom. The van der Waals surface area contributed by atoms with Gasteiger partial charge in [-0.25, -0.2) is 0 Å². The molecule has 0 aliphatic carbocycles. The highest BCUT2D eigenvalue weighted by Crippen LogP contribution is 2.29. The molecule has 1 heterocycles.